The van der Waals surface area contributed by atoms with Crippen molar-refractivity contribution in [3.63, 3.8) is 0 Å². The molecule has 2 aromatic heterocycles. The second-order valence-electron chi connectivity index (χ2n) is 7.49. The van der Waals surface area contributed by atoms with Crippen molar-refractivity contribution in [1.82, 2.24) is 19.9 Å². The number of pyridine rings is 1. The number of aromatic nitrogens is 3. The molecular formula is C19H25ClN4O2S. The van der Waals surface area contributed by atoms with Crippen molar-refractivity contribution in [2.45, 2.75) is 50.0 Å². The molecule has 0 bridgehead atoms. The SMILES string of the molecule is CC(C)c1ncc(CN2CCCC(c3ncc(Cl)cc3S(C)(=O)=O)C2)cn1. The minimum absolute atomic E-state index is 0.0663. The number of halogens is 1. The number of hydrogen-bond donors (Lipinski definition) is 0. The van der Waals surface area contributed by atoms with Gasteiger partial charge in [0.05, 0.1) is 15.6 Å². The minimum atomic E-state index is -3.38. The first-order valence-electron chi connectivity index (χ1n) is 9.12. The van der Waals surface area contributed by atoms with E-state index in [0.717, 1.165) is 43.9 Å². The normalized spacial score (nSPS) is 18.8. The minimum Gasteiger partial charge on any atom is -0.298 e. The van der Waals surface area contributed by atoms with Gasteiger partial charge in [-0.05, 0) is 25.5 Å². The molecule has 8 heteroatoms. The predicted octanol–water partition coefficient (Wildman–Crippen LogP) is 3.43. The molecule has 0 radical (unpaired) electrons. The molecule has 1 unspecified atom stereocenters. The van der Waals surface area contributed by atoms with Crippen LogP contribution >= 0.6 is 11.6 Å². The average molecular weight is 409 g/mol. The maximum atomic E-state index is 12.2. The van der Waals surface area contributed by atoms with Gasteiger partial charge in [0.25, 0.3) is 0 Å². The first-order valence-corrected chi connectivity index (χ1v) is 11.4. The van der Waals surface area contributed by atoms with Crippen LogP contribution in [0.5, 0.6) is 0 Å². The van der Waals surface area contributed by atoms with E-state index in [2.05, 4.69) is 33.7 Å². The van der Waals surface area contributed by atoms with E-state index in [4.69, 9.17) is 11.6 Å². The van der Waals surface area contributed by atoms with Gasteiger partial charge in [-0.2, -0.15) is 0 Å². The summed E-state index contributed by atoms with van der Waals surface area (Å²) in [5, 5.41) is 0.342. The highest BCUT2D eigenvalue weighted by Gasteiger charge is 2.27. The van der Waals surface area contributed by atoms with Crippen LogP contribution in [0.15, 0.2) is 29.6 Å². The average Bonchev–Trinajstić information content (AvgIpc) is 2.61. The first-order chi connectivity index (χ1) is 12.7. The molecule has 1 aliphatic rings. The van der Waals surface area contributed by atoms with Gasteiger partial charge in [0.2, 0.25) is 0 Å². The maximum Gasteiger partial charge on any atom is 0.177 e. The van der Waals surface area contributed by atoms with Gasteiger partial charge < -0.3 is 0 Å². The summed E-state index contributed by atoms with van der Waals surface area (Å²) < 4.78 is 24.4. The van der Waals surface area contributed by atoms with Crippen molar-refractivity contribution in [2.75, 3.05) is 19.3 Å². The lowest BCUT2D eigenvalue weighted by Crippen LogP contribution is -2.34. The van der Waals surface area contributed by atoms with Gasteiger partial charge in [-0.1, -0.05) is 25.4 Å². The molecule has 0 N–H and O–H groups in total. The number of likely N-dealkylation sites (tertiary alicyclic amines) is 1. The van der Waals surface area contributed by atoms with Gasteiger partial charge in [-0.3, -0.25) is 9.88 Å². The fourth-order valence-corrected chi connectivity index (χ4v) is 4.62. The molecule has 3 heterocycles. The fourth-order valence-electron chi connectivity index (χ4n) is 3.46. The molecule has 0 saturated carbocycles. The summed E-state index contributed by atoms with van der Waals surface area (Å²) in [4.78, 5) is 15.8. The lowest BCUT2D eigenvalue weighted by atomic mass is 9.94. The largest absolute Gasteiger partial charge is 0.298 e. The van der Waals surface area contributed by atoms with Crippen LogP contribution in [0.4, 0.5) is 0 Å². The smallest absolute Gasteiger partial charge is 0.177 e. The Hall–Kier alpha value is -1.57. The second-order valence-corrected chi connectivity index (χ2v) is 9.91. The molecule has 146 valence electrons. The Morgan fingerprint density at radius 1 is 1.22 bits per heavy atom. The molecule has 1 fully saturated rings. The molecule has 27 heavy (non-hydrogen) atoms. The molecule has 0 amide bonds. The van der Waals surface area contributed by atoms with E-state index in [1.807, 2.05) is 12.4 Å². The van der Waals surface area contributed by atoms with Crippen LogP contribution in [-0.4, -0.2) is 47.6 Å². The van der Waals surface area contributed by atoms with Crippen molar-refractivity contribution in [1.29, 1.82) is 0 Å². The summed E-state index contributed by atoms with van der Waals surface area (Å²) in [6, 6.07) is 1.51. The van der Waals surface area contributed by atoms with Crippen molar-refractivity contribution < 1.29 is 8.42 Å². The van der Waals surface area contributed by atoms with E-state index in [9.17, 15) is 8.42 Å². The molecule has 1 atom stereocenters. The van der Waals surface area contributed by atoms with Crippen LogP contribution in [0.1, 0.15) is 55.6 Å². The molecule has 0 spiro atoms. The molecule has 1 saturated heterocycles. The summed E-state index contributed by atoms with van der Waals surface area (Å²) in [5.41, 5.74) is 1.69. The highest BCUT2D eigenvalue weighted by atomic mass is 35.5. The number of rotatable bonds is 5. The Bertz CT molecular complexity index is 900. The third-order valence-corrected chi connectivity index (χ3v) is 6.12. The monoisotopic (exact) mass is 408 g/mol. The van der Waals surface area contributed by atoms with E-state index >= 15 is 0 Å². The van der Waals surface area contributed by atoms with Crippen molar-refractivity contribution in [3.05, 3.63) is 46.8 Å². The van der Waals surface area contributed by atoms with Crippen molar-refractivity contribution >= 4 is 21.4 Å². The van der Waals surface area contributed by atoms with Gasteiger partial charge in [0, 0.05) is 55.3 Å². The number of sulfone groups is 1. The van der Waals surface area contributed by atoms with Crippen LogP contribution in [0.2, 0.25) is 5.02 Å². The Labute approximate surface area is 165 Å². The van der Waals surface area contributed by atoms with Crippen LogP contribution in [0.25, 0.3) is 0 Å². The van der Waals surface area contributed by atoms with Crippen molar-refractivity contribution in [2.24, 2.45) is 0 Å². The van der Waals surface area contributed by atoms with E-state index in [0.29, 0.717) is 16.6 Å². The highest BCUT2D eigenvalue weighted by Crippen LogP contribution is 2.31. The summed E-state index contributed by atoms with van der Waals surface area (Å²) in [6.45, 7) is 6.61. The summed E-state index contributed by atoms with van der Waals surface area (Å²) in [5.74, 6) is 1.22. The zero-order valence-electron chi connectivity index (χ0n) is 15.9. The van der Waals surface area contributed by atoms with Gasteiger partial charge in [0.15, 0.2) is 9.84 Å². The lowest BCUT2D eigenvalue weighted by molar-refractivity contribution is 0.197. The molecule has 2 aromatic rings. The summed E-state index contributed by atoms with van der Waals surface area (Å²) in [7, 11) is -3.38. The fraction of sp³-hybridized carbons (Fsp3) is 0.526. The highest BCUT2D eigenvalue weighted by molar-refractivity contribution is 7.90. The zero-order chi connectivity index (χ0) is 19.6. The standard InChI is InChI=1S/C19H25ClN4O2S/c1-13(2)19-22-8-14(9-23-19)11-24-6-4-5-15(12-24)18-17(27(3,25)26)7-16(20)10-21-18/h7-10,13,15H,4-6,11-12H2,1-3H3. The molecule has 6 nitrogen and oxygen atoms in total. The van der Waals surface area contributed by atoms with Crippen LogP contribution in [-0.2, 0) is 16.4 Å². The molecule has 0 aliphatic carbocycles. The quantitative estimate of drug-likeness (QED) is 0.754. The lowest BCUT2D eigenvalue weighted by Gasteiger charge is -2.33. The Morgan fingerprint density at radius 2 is 1.93 bits per heavy atom. The Kier molecular flexibility index (Phi) is 6.13. The van der Waals surface area contributed by atoms with E-state index < -0.39 is 9.84 Å². The molecule has 3 rings (SSSR count). The Morgan fingerprint density at radius 3 is 2.56 bits per heavy atom. The number of nitrogens with zero attached hydrogens (tertiary/aromatic N) is 4. The van der Waals surface area contributed by atoms with Crippen molar-refractivity contribution in [3.8, 4) is 0 Å². The summed E-state index contributed by atoms with van der Waals surface area (Å²) >= 11 is 5.98. The molecular weight excluding hydrogens is 384 g/mol. The van der Waals surface area contributed by atoms with Crippen LogP contribution in [0.3, 0.4) is 0 Å². The van der Waals surface area contributed by atoms with Gasteiger partial charge in [0.1, 0.15) is 5.82 Å². The first kappa shape index (κ1) is 20.2. The third kappa shape index (κ3) is 5.03. The van der Waals surface area contributed by atoms with Gasteiger partial charge in [-0.25, -0.2) is 18.4 Å². The third-order valence-electron chi connectivity index (χ3n) is 4.79. The molecule has 0 aromatic carbocycles. The maximum absolute atomic E-state index is 12.2. The number of piperidine rings is 1. The van der Waals surface area contributed by atoms with Crippen LogP contribution in [0, 0.1) is 0 Å². The van der Waals surface area contributed by atoms with Gasteiger partial charge in [-0.15, -0.1) is 0 Å². The van der Waals surface area contributed by atoms with Crippen LogP contribution < -0.4 is 0 Å². The number of hydrogen-bond acceptors (Lipinski definition) is 6. The predicted molar refractivity (Wildman–Crippen MR) is 106 cm³/mol. The molecule has 1 aliphatic heterocycles. The Balaban J connectivity index is 1.77. The van der Waals surface area contributed by atoms with E-state index in [-0.39, 0.29) is 10.8 Å². The van der Waals surface area contributed by atoms with E-state index in [1.54, 1.807) is 0 Å². The topological polar surface area (TPSA) is 76.1 Å². The second kappa shape index (κ2) is 8.20. The zero-order valence-corrected chi connectivity index (χ0v) is 17.5. The van der Waals surface area contributed by atoms with E-state index in [1.165, 1.54) is 18.5 Å². The van der Waals surface area contributed by atoms with Gasteiger partial charge >= 0.3 is 0 Å². The summed E-state index contributed by atoms with van der Waals surface area (Å²) in [6.07, 6.45) is 8.41.